The van der Waals surface area contributed by atoms with E-state index in [1.54, 1.807) is 6.07 Å². The summed E-state index contributed by atoms with van der Waals surface area (Å²) >= 11 is 1.93. The van der Waals surface area contributed by atoms with Crippen molar-refractivity contribution in [2.75, 3.05) is 50.5 Å². The number of nitrogens with zero attached hydrogens (tertiary/aromatic N) is 2. The lowest BCUT2D eigenvalue weighted by Gasteiger charge is -2.36. The van der Waals surface area contributed by atoms with Crippen molar-refractivity contribution < 1.29 is 14.3 Å². The Labute approximate surface area is 205 Å². The molecule has 0 saturated carbocycles. The van der Waals surface area contributed by atoms with E-state index in [4.69, 9.17) is 9.47 Å². The highest BCUT2D eigenvalue weighted by Gasteiger charge is 2.27. The van der Waals surface area contributed by atoms with Crippen LogP contribution in [-0.2, 0) is 11.3 Å². The number of benzene rings is 3. The van der Waals surface area contributed by atoms with Gasteiger partial charge in [-0.2, -0.15) is 0 Å². The molecule has 0 radical (unpaired) electrons. The molecule has 2 aliphatic rings. The van der Waals surface area contributed by atoms with Gasteiger partial charge in [0.1, 0.15) is 12.4 Å². The summed E-state index contributed by atoms with van der Waals surface area (Å²) < 4.78 is 11.1. The van der Waals surface area contributed by atoms with Gasteiger partial charge in [-0.1, -0.05) is 42.5 Å². The van der Waals surface area contributed by atoms with Crippen LogP contribution >= 0.6 is 11.8 Å². The molecule has 34 heavy (non-hydrogen) atoms. The molecular weight excluding hydrogens is 444 g/mol. The number of piperazine rings is 1. The van der Waals surface area contributed by atoms with E-state index < -0.39 is 0 Å². The summed E-state index contributed by atoms with van der Waals surface area (Å²) in [6.45, 7) is 5.84. The van der Waals surface area contributed by atoms with E-state index in [2.05, 4.69) is 64.4 Å². The molecule has 5 nitrogen and oxygen atoms in total. The summed E-state index contributed by atoms with van der Waals surface area (Å²) in [5.74, 6) is 1.53. The maximum Gasteiger partial charge on any atom is 0.337 e. The second kappa shape index (κ2) is 10.5. The minimum absolute atomic E-state index is 0.115. The first-order valence-corrected chi connectivity index (χ1v) is 12.8. The molecule has 0 spiro atoms. The van der Waals surface area contributed by atoms with E-state index in [1.165, 1.54) is 23.9 Å². The Morgan fingerprint density at radius 3 is 2.53 bits per heavy atom. The largest absolute Gasteiger partial charge is 0.489 e. The fraction of sp³-hybridized carbons (Fsp3) is 0.321. The lowest BCUT2D eigenvalue weighted by Crippen LogP contribution is -2.47. The second-order valence-electron chi connectivity index (χ2n) is 8.65. The number of hydrogen-bond acceptors (Lipinski definition) is 6. The Morgan fingerprint density at radius 1 is 0.971 bits per heavy atom. The number of para-hydroxylation sites is 1. The van der Waals surface area contributed by atoms with E-state index >= 15 is 0 Å². The van der Waals surface area contributed by atoms with Crippen molar-refractivity contribution in [3.05, 3.63) is 95.1 Å². The highest BCUT2D eigenvalue weighted by molar-refractivity contribution is 7.99. The van der Waals surface area contributed by atoms with Gasteiger partial charge in [0.05, 0.1) is 17.9 Å². The summed E-state index contributed by atoms with van der Waals surface area (Å²) in [5, 5.41) is 0.115. The second-order valence-corrected chi connectivity index (χ2v) is 9.86. The molecule has 0 aromatic heterocycles. The Bertz CT molecular complexity index is 1130. The molecule has 3 aromatic carbocycles. The van der Waals surface area contributed by atoms with Crippen LogP contribution in [0.1, 0.15) is 32.3 Å². The Hall–Kier alpha value is -2.96. The van der Waals surface area contributed by atoms with Crippen LogP contribution in [-0.4, -0.2) is 56.5 Å². The lowest BCUT2D eigenvalue weighted by atomic mass is 9.98. The van der Waals surface area contributed by atoms with Crippen LogP contribution in [0.3, 0.4) is 0 Å². The number of esters is 1. The number of ether oxygens (including phenoxy) is 2. The van der Waals surface area contributed by atoms with Gasteiger partial charge in [-0.15, -0.1) is 11.8 Å². The van der Waals surface area contributed by atoms with E-state index in [9.17, 15) is 4.79 Å². The van der Waals surface area contributed by atoms with Crippen molar-refractivity contribution in [3.8, 4) is 5.75 Å². The molecule has 3 aromatic rings. The maximum absolute atomic E-state index is 12.2. The number of hydrogen-bond donors (Lipinski definition) is 0. The third kappa shape index (κ3) is 4.93. The minimum atomic E-state index is -0.319. The van der Waals surface area contributed by atoms with Crippen LogP contribution in [0.4, 0.5) is 5.69 Å². The summed E-state index contributed by atoms with van der Waals surface area (Å²) in [6.07, 6.45) is 0. The van der Waals surface area contributed by atoms with Gasteiger partial charge in [-0.3, -0.25) is 4.90 Å². The fourth-order valence-electron chi connectivity index (χ4n) is 4.72. The van der Waals surface area contributed by atoms with Gasteiger partial charge in [0, 0.05) is 49.7 Å². The third-order valence-electron chi connectivity index (χ3n) is 6.62. The Kier molecular flexibility index (Phi) is 7.07. The molecule has 2 aliphatic heterocycles. The van der Waals surface area contributed by atoms with E-state index in [-0.39, 0.29) is 11.2 Å². The predicted octanol–water partition coefficient (Wildman–Crippen LogP) is 5.01. The van der Waals surface area contributed by atoms with Crippen molar-refractivity contribution in [2.45, 2.75) is 11.9 Å². The first kappa shape index (κ1) is 22.8. The fourth-order valence-corrected chi connectivity index (χ4v) is 6.09. The van der Waals surface area contributed by atoms with Gasteiger partial charge >= 0.3 is 5.97 Å². The third-order valence-corrected chi connectivity index (χ3v) is 7.88. The first-order chi connectivity index (χ1) is 16.7. The molecule has 2 heterocycles. The Balaban J connectivity index is 1.28. The number of anilines is 1. The molecule has 1 unspecified atom stereocenters. The van der Waals surface area contributed by atoms with Crippen LogP contribution in [0.15, 0.2) is 72.8 Å². The standard InChI is InChI=1S/C28H30N2O3S/c1-32-28(31)21-11-12-26-25(19-21)27(24-10-6-5-7-22(24)20-33-26)34-18-17-29-13-15-30(16-14-29)23-8-3-2-4-9-23/h2-12,19,27H,13-18,20H2,1H3. The van der Waals surface area contributed by atoms with Crippen LogP contribution in [0.25, 0.3) is 0 Å². The van der Waals surface area contributed by atoms with Crippen molar-refractivity contribution in [3.63, 3.8) is 0 Å². The van der Waals surface area contributed by atoms with Crippen LogP contribution in [0.5, 0.6) is 5.75 Å². The van der Waals surface area contributed by atoms with Crippen molar-refractivity contribution in [1.82, 2.24) is 4.90 Å². The number of rotatable bonds is 6. The van der Waals surface area contributed by atoms with Gasteiger partial charge < -0.3 is 14.4 Å². The van der Waals surface area contributed by atoms with E-state index in [0.717, 1.165) is 49.8 Å². The molecule has 0 N–H and O–H groups in total. The number of carbonyl (C=O) groups is 1. The molecular formula is C28H30N2O3S. The smallest absolute Gasteiger partial charge is 0.337 e. The topological polar surface area (TPSA) is 42.0 Å². The van der Waals surface area contributed by atoms with Crippen molar-refractivity contribution in [2.24, 2.45) is 0 Å². The molecule has 1 saturated heterocycles. The highest BCUT2D eigenvalue weighted by atomic mass is 32.2. The minimum Gasteiger partial charge on any atom is -0.489 e. The van der Waals surface area contributed by atoms with Crippen molar-refractivity contribution >= 4 is 23.4 Å². The zero-order valence-corrected chi connectivity index (χ0v) is 20.3. The summed E-state index contributed by atoms with van der Waals surface area (Å²) in [6, 6.07) is 24.8. The SMILES string of the molecule is COC(=O)c1ccc2c(c1)C(SCCN1CCN(c3ccccc3)CC1)c1ccccc1CO2. The van der Waals surface area contributed by atoms with Crippen LogP contribution < -0.4 is 9.64 Å². The normalized spacial score (nSPS) is 17.8. The predicted molar refractivity (Wildman–Crippen MR) is 138 cm³/mol. The number of thioether (sulfide) groups is 1. The molecule has 0 bridgehead atoms. The molecule has 0 amide bonds. The highest BCUT2D eigenvalue weighted by Crippen LogP contribution is 2.44. The van der Waals surface area contributed by atoms with E-state index in [0.29, 0.717) is 12.2 Å². The van der Waals surface area contributed by atoms with Gasteiger partial charge in [0.2, 0.25) is 0 Å². The van der Waals surface area contributed by atoms with Crippen LogP contribution in [0, 0.1) is 0 Å². The van der Waals surface area contributed by atoms with E-state index in [1.807, 2.05) is 23.9 Å². The lowest BCUT2D eigenvalue weighted by molar-refractivity contribution is 0.0600. The maximum atomic E-state index is 12.2. The zero-order chi connectivity index (χ0) is 23.3. The number of carbonyl (C=O) groups excluding carboxylic acids is 1. The molecule has 1 atom stereocenters. The van der Waals surface area contributed by atoms with Gasteiger partial charge in [0.15, 0.2) is 0 Å². The van der Waals surface area contributed by atoms with Gasteiger partial charge in [-0.05, 0) is 41.5 Å². The molecule has 6 heteroatoms. The summed E-state index contributed by atoms with van der Waals surface area (Å²) in [5.41, 5.74) is 5.39. The first-order valence-electron chi connectivity index (χ1n) is 11.8. The average molecular weight is 475 g/mol. The van der Waals surface area contributed by atoms with Crippen LogP contribution in [0.2, 0.25) is 0 Å². The van der Waals surface area contributed by atoms with Gasteiger partial charge in [0.25, 0.3) is 0 Å². The monoisotopic (exact) mass is 474 g/mol. The Morgan fingerprint density at radius 2 is 1.74 bits per heavy atom. The zero-order valence-electron chi connectivity index (χ0n) is 19.5. The average Bonchev–Trinajstić information content (AvgIpc) is 3.06. The quantitative estimate of drug-likeness (QED) is 0.468. The molecule has 1 fully saturated rings. The molecule has 5 rings (SSSR count). The van der Waals surface area contributed by atoms with Crippen molar-refractivity contribution in [1.29, 1.82) is 0 Å². The summed E-state index contributed by atoms with van der Waals surface area (Å²) in [4.78, 5) is 17.2. The molecule has 176 valence electrons. The molecule has 0 aliphatic carbocycles. The number of methoxy groups -OCH3 is 1. The number of fused-ring (bicyclic) bond motifs is 2. The van der Waals surface area contributed by atoms with Gasteiger partial charge in [-0.25, -0.2) is 4.79 Å². The summed E-state index contributed by atoms with van der Waals surface area (Å²) in [7, 11) is 1.42.